The number of allylic oxidation sites excluding steroid dienone is 2. The summed E-state index contributed by atoms with van der Waals surface area (Å²) in [4.78, 5) is 25.7. The molecule has 2 bridgehead atoms. The van der Waals surface area contributed by atoms with Gasteiger partial charge in [-0.3, -0.25) is 9.59 Å². The topological polar surface area (TPSA) is 92.0 Å². The van der Waals surface area contributed by atoms with Gasteiger partial charge in [-0.15, -0.1) is 0 Å². The first kappa shape index (κ1) is 22.6. The standard InChI is InChI=1S/C26H22IN3O4/c1-2-33-21-10-15(9-20(27)24(21)34-14-19-6-4-3-5-18(19)12-28)13-29-30-25(31)22-16-7-8-17(11-16)23(22)26(30)32/h3-10,13,16-17,22-23H,2,11,14H2,1H3/t16-,17-,22-,23+/m0/s1. The molecule has 3 aliphatic rings. The molecule has 34 heavy (non-hydrogen) atoms. The van der Waals surface area contributed by atoms with Crippen LogP contribution in [0.5, 0.6) is 11.5 Å². The molecule has 7 nitrogen and oxygen atoms in total. The quantitative estimate of drug-likeness (QED) is 0.216. The summed E-state index contributed by atoms with van der Waals surface area (Å²) in [5.41, 5.74) is 2.04. The van der Waals surface area contributed by atoms with Crippen LogP contribution >= 0.6 is 22.6 Å². The number of halogens is 1. The molecule has 1 saturated carbocycles. The fraction of sp³-hybridized carbons (Fsp3) is 0.308. The Morgan fingerprint density at radius 2 is 1.85 bits per heavy atom. The molecule has 5 rings (SSSR count). The van der Waals surface area contributed by atoms with Crippen LogP contribution in [0.2, 0.25) is 0 Å². The summed E-state index contributed by atoms with van der Waals surface area (Å²) in [7, 11) is 0. The zero-order valence-electron chi connectivity index (χ0n) is 18.5. The highest BCUT2D eigenvalue weighted by Gasteiger charge is 2.59. The number of ether oxygens (including phenoxy) is 2. The van der Waals surface area contributed by atoms with Crippen molar-refractivity contribution >= 4 is 40.6 Å². The van der Waals surface area contributed by atoms with Crippen molar-refractivity contribution in [1.29, 1.82) is 5.26 Å². The number of hydrogen-bond donors (Lipinski definition) is 0. The van der Waals surface area contributed by atoms with Crippen LogP contribution in [0.25, 0.3) is 0 Å². The van der Waals surface area contributed by atoms with Gasteiger partial charge in [-0.1, -0.05) is 30.4 Å². The van der Waals surface area contributed by atoms with Crippen molar-refractivity contribution in [3.8, 4) is 17.6 Å². The van der Waals surface area contributed by atoms with Crippen LogP contribution in [0.3, 0.4) is 0 Å². The van der Waals surface area contributed by atoms with Gasteiger partial charge in [0.15, 0.2) is 11.5 Å². The maximum Gasteiger partial charge on any atom is 0.254 e. The fourth-order valence-corrected chi connectivity index (χ4v) is 5.88. The summed E-state index contributed by atoms with van der Waals surface area (Å²) in [6.07, 6.45) is 6.54. The van der Waals surface area contributed by atoms with E-state index >= 15 is 0 Å². The summed E-state index contributed by atoms with van der Waals surface area (Å²) in [5, 5.41) is 14.6. The molecule has 0 N–H and O–H groups in total. The van der Waals surface area contributed by atoms with Gasteiger partial charge >= 0.3 is 0 Å². The molecule has 2 fully saturated rings. The minimum atomic E-state index is -0.272. The Bertz CT molecular complexity index is 1240. The summed E-state index contributed by atoms with van der Waals surface area (Å²) >= 11 is 2.16. The zero-order chi connectivity index (χ0) is 23.8. The van der Waals surface area contributed by atoms with Crippen molar-refractivity contribution in [1.82, 2.24) is 5.01 Å². The van der Waals surface area contributed by atoms with Gasteiger partial charge in [0.05, 0.1) is 39.9 Å². The lowest BCUT2D eigenvalue weighted by Gasteiger charge is -2.15. The Kier molecular flexibility index (Phi) is 6.13. The van der Waals surface area contributed by atoms with E-state index in [-0.39, 0.29) is 42.1 Å². The molecule has 2 aromatic carbocycles. The molecular formula is C26H22IN3O4. The second kappa shape index (κ2) is 9.22. The number of benzene rings is 2. The molecule has 1 aliphatic heterocycles. The van der Waals surface area contributed by atoms with Crippen molar-refractivity contribution in [2.75, 3.05) is 6.61 Å². The number of carbonyl (C=O) groups excluding carboxylic acids is 2. The number of imide groups is 1. The highest BCUT2D eigenvalue weighted by molar-refractivity contribution is 14.1. The lowest BCUT2D eigenvalue weighted by molar-refractivity contribution is -0.140. The molecule has 1 saturated heterocycles. The molecule has 0 aromatic heterocycles. The first-order valence-electron chi connectivity index (χ1n) is 11.2. The molecule has 172 valence electrons. The van der Waals surface area contributed by atoms with Crippen LogP contribution in [-0.4, -0.2) is 29.6 Å². The van der Waals surface area contributed by atoms with E-state index in [2.05, 4.69) is 45.9 Å². The lowest BCUT2D eigenvalue weighted by atomic mass is 9.85. The van der Waals surface area contributed by atoms with Crippen molar-refractivity contribution in [3.05, 3.63) is 68.8 Å². The van der Waals surface area contributed by atoms with E-state index < -0.39 is 0 Å². The molecule has 4 atom stereocenters. The normalized spacial score (nSPS) is 24.7. The number of amides is 2. The minimum Gasteiger partial charge on any atom is -0.490 e. The number of nitrogens with zero attached hydrogens (tertiary/aromatic N) is 3. The fourth-order valence-electron chi connectivity index (χ4n) is 5.10. The third-order valence-electron chi connectivity index (χ3n) is 6.61. The van der Waals surface area contributed by atoms with Crippen molar-refractivity contribution in [2.24, 2.45) is 28.8 Å². The van der Waals surface area contributed by atoms with Crippen LogP contribution in [0.1, 0.15) is 30.0 Å². The van der Waals surface area contributed by atoms with E-state index in [1.54, 1.807) is 12.1 Å². The second-order valence-corrected chi connectivity index (χ2v) is 9.72. The Labute approximate surface area is 211 Å². The molecule has 0 radical (unpaired) electrons. The Balaban J connectivity index is 1.36. The van der Waals surface area contributed by atoms with Gasteiger partial charge in [-0.05, 0) is 71.5 Å². The SMILES string of the molecule is CCOc1cc(C=NN2C(=O)[C@@H]3[C@H](C2=O)[C@H]2C=C[C@H]3C2)cc(I)c1OCc1ccccc1C#N. The molecular weight excluding hydrogens is 545 g/mol. The number of rotatable bonds is 7. The van der Waals surface area contributed by atoms with Crippen LogP contribution in [0, 0.1) is 38.6 Å². The van der Waals surface area contributed by atoms with Gasteiger partial charge in [-0.2, -0.15) is 15.4 Å². The van der Waals surface area contributed by atoms with E-state index in [4.69, 9.17) is 9.47 Å². The maximum absolute atomic E-state index is 12.9. The number of nitriles is 1. The predicted octanol–water partition coefficient (Wildman–Crippen LogP) is 4.28. The predicted molar refractivity (Wildman–Crippen MR) is 133 cm³/mol. The van der Waals surface area contributed by atoms with Crippen molar-refractivity contribution in [3.63, 3.8) is 0 Å². The summed E-state index contributed by atoms with van der Waals surface area (Å²) in [5.74, 6) is 0.440. The van der Waals surface area contributed by atoms with E-state index in [1.165, 1.54) is 6.21 Å². The first-order valence-corrected chi connectivity index (χ1v) is 12.3. The van der Waals surface area contributed by atoms with Crippen molar-refractivity contribution < 1.29 is 19.1 Å². The second-order valence-electron chi connectivity index (χ2n) is 8.55. The van der Waals surface area contributed by atoms with Gasteiger partial charge in [-0.25, -0.2) is 0 Å². The average Bonchev–Trinajstić information content (AvgIpc) is 3.52. The number of fused-ring (bicyclic) bond motifs is 5. The minimum absolute atomic E-state index is 0.153. The summed E-state index contributed by atoms with van der Waals surface area (Å²) in [6.45, 7) is 2.54. The van der Waals surface area contributed by atoms with Gasteiger partial charge in [0.25, 0.3) is 11.8 Å². The van der Waals surface area contributed by atoms with E-state index in [1.807, 2.05) is 31.2 Å². The van der Waals surface area contributed by atoms with Crippen molar-refractivity contribution in [2.45, 2.75) is 20.0 Å². The third-order valence-corrected chi connectivity index (χ3v) is 7.41. The lowest BCUT2D eigenvalue weighted by Crippen LogP contribution is -2.28. The molecule has 2 aliphatic carbocycles. The molecule has 0 unspecified atom stereocenters. The Hall–Kier alpha value is -3.19. The molecule has 2 amide bonds. The van der Waals surface area contributed by atoms with Gasteiger partial charge < -0.3 is 9.47 Å². The largest absolute Gasteiger partial charge is 0.490 e. The van der Waals surface area contributed by atoms with Gasteiger partial charge in [0, 0.05) is 5.56 Å². The monoisotopic (exact) mass is 567 g/mol. The van der Waals surface area contributed by atoms with Crippen LogP contribution < -0.4 is 9.47 Å². The first-order chi connectivity index (χ1) is 16.5. The molecule has 2 aromatic rings. The molecule has 8 heteroatoms. The van der Waals surface area contributed by atoms with E-state index in [0.29, 0.717) is 29.2 Å². The van der Waals surface area contributed by atoms with E-state index in [9.17, 15) is 14.9 Å². The highest BCUT2D eigenvalue weighted by atomic mass is 127. The van der Waals surface area contributed by atoms with Gasteiger partial charge in [0.2, 0.25) is 0 Å². The Morgan fingerprint density at radius 1 is 1.15 bits per heavy atom. The molecule has 0 spiro atoms. The summed E-state index contributed by atoms with van der Waals surface area (Å²) < 4.78 is 12.6. The van der Waals surface area contributed by atoms with E-state index in [0.717, 1.165) is 20.6 Å². The number of hydrazone groups is 1. The highest BCUT2D eigenvalue weighted by Crippen LogP contribution is 2.52. The van der Waals surface area contributed by atoms with Crippen LogP contribution in [0.15, 0.2) is 53.7 Å². The van der Waals surface area contributed by atoms with Gasteiger partial charge in [0.1, 0.15) is 6.61 Å². The van der Waals surface area contributed by atoms with Crippen LogP contribution in [-0.2, 0) is 16.2 Å². The smallest absolute Gasteiger partial charge is 0.254 e. The number of carbonyl (C=O) groups is 2. The maximum atomic E-state index is 12.9. The third kappa shape index (κ3) is 3.88. The average molecular weight is 567 g/mol. The van der Waals surface area contributed by atoms with Crippen LogP contribution in [0.4, 0.5) is 0 Å². The Morgan fingerprint density at radius 3 is 2.53 bits per heavy atom. The molecule has 1 heterocycles. The summed E-state index contributed by atoms with van der Waals surface area (Å²) in [6, 6.07) is 13.1. The zero-order valence-corrected chi connectivity index (χ0v) is 20.6. The number of hydrogen-bond acceptors (Lipinski definition) is 6.